The number of carbonyl (C=O) groups is 2. The first kappa shape index (κ1) is 17.7. The van der Waals surface area contributed by atoms with E-state index in [-0.39, 0.29) is 5.92 Å². The van der Waals surface area contributed by atoms with Crippen molar-refractivity contribution in [3.05, 3.63) is 47.3 Å². The summed E-state index contributed by atoms with van der Waals surface area (Å²) in [5.41, 5.74) is 3.01. The highest BCUT2D eigenvalue weighted by atomic mass is 16.4. The Bertz CT molecular complexity index is 750. The molecule has 1 heterocycles. The van der Waals surface area contributed by atoms with Crippen molar-refractivity contribution in [3.63, 3.8) is 0 Å². The molecule has 1 aromatic heterocycles. The number of nitrogens with zero attached hydrogens (tertiary/aromatic N) is 2. The first-order chi connectivity index (χ1) is 11.3. The summed E-state index contributed by atoms with van der Waals surface area (Å²) in [6.45, 7) is 7.62. The van der Waals surface area contributed by atoms with Crippen LogP contribution >= 0.6 is 0 Å². The summed E-state index contributed by atoms with van der Waals surface area (Å²) in [7, 11) is 0. The van der Waals surface area contributed by atoms with Crippen molar-refractivity contribution >= 4 is 11.9 Å². The third-order valence-corrected chi connectivity index (χ3v) is 3.81. The molecule has 6 heteroatoms. The van der Waals surface area contributed by atoms with Gasteiger partial charge in [-0.1, -0.05) is 26.0 Å². The van der Waals surface area contributed by atoms with Crippen molar-refractivity contribution in [2.75, 3.05) is 0 Å². The average molecular weight is 329 g/mol. The number of nitrogens with one attached hydrogen (secondary N) is 1. The predicted octanol–water partition coefficient (Wildman–Crippen LogP) is 2.72. The van der Waals surface area contributed by atoms with E-state index >= 15 is 0 Å². The Morgan fingerprint density at radius 3 is 2.58 bits per heavy atom. The zero-order valence-corrected chi connectivity index (χ0v) is 14.4. The van der Waals surface area contributed by atoms with Crippen LogP contribution in [0.4, 0.5) is 0 Å². The van der Waals surface area contributed by atoms with Gasteiger partial charge in [0, 0.05) is 0 Å². The number of aliphatic carboxylic acids is 1. The van der Waals surface area contributed by atoms with Crippen LogP contribution in [0.5, 0.6) is 0 Å². The molecule has 0 bridgehead atoms. The number of aromatic nitrogens is 2. The predicted molar refractivity (Wildman–Crippen MR) is 91.4 cm³/mol. The molecule has 0 aliphatic carbocycles. The van der Waals surface area contributed by atoms with Gasteiger partial charge in [-0.3, -0.25) is 4.79 Å². The van der Waals surface area contributed by atoms with Crippen LogP contribution in [0, 0.1) is 19.8 Å². The Kier molecular flexibility index (Phi) is 5.39. The largest absolute Gasteiger partial charge is 0.480 e. The van der Waals surface area contributed by atoms with Crippen LogP contribution in [0.15, 0.2) is 30.5 Å². The second kappa shape index (κ2) is 7.29. The van der Waals surface area contributed by atoms with Crippen molar-refractivity contribution in [1.82, 2.24) is 15.1 Å². The Hall–Kier alpha value is -2.63. The van der Waals surface area contributed by atoms with Gasteiger partial charge in [0.1, 0.15) is 6.04 Å². The Morgan fingerprint density at radius 1 is 1.29 bits per heavy atom. The third kappa shape index (κ3) is 4.01. The van der Waals surface area contributed by atoms with E-state index in [0.717, 1.165) is 11.3 Å². The Morgan fingerprint density at radius 2 is 2.00 bits per heavy atom. The zero-order chi connectivity index (χ0) is 17.9. The highest BCUT2D eigenvalue weighted by Gasteiger charge is 2.24. The molecule has 2 rings (SSSR count). The van der Waals surface area contributed by atoms with Crippen molar-refractivity contribution < 1.29 is 14.7 Å². The van der Waals surface area contributed by atoms with Gasteiger partial charge in [0.25, 0.3) is 5.91 Å². The van der Waals surface area contributed by atoms with E-state index in [1.54, 1.807) is 11.6 Å². The van der Waals surface area contributed by atoms with Gasteiger partial charge in [-0.05, 0) is 43.9 Å². The van der Waals surface area contributed by atoms with Gasteiger partial charge in [-0.15, -0.1) is 0 Å². The zero-order valence-electron chi connectivity index (χ0n) is 14.4. The number of hydrogen-bond acceptors (Lipinski definition) is 3. The summed E-state index contributed by atoms with van der Waals surface area (Å²) >= 11 is 0. The minimum Gasteiger partial charge on any atom is -0.480 e. The van der Waals surface area contributed by atoms with Crippen LogP contribution in [0.2, 0.25) is 0 Å². The highest BCUT2D eigenvalue weighted by Crippen LogP contribution is 2.16. The molecule has 0 unspecified atom stereocenters. The van der Waals surface area contributed by atoms with Crippen LogP contribution in [-0.4, -0.2) is 32.8 Å². The second-order valence-corrected chi connectivity index (χ2v) is 6.39. The molecule has 0 saturated carbocycles. The fourth-order valence-corrected chi connectivity index (χ4v) is 2.58. The molecule has 0 fully saturated rings. The Balaban J connectivity index is 2.23. The van der Waals surface area contributed by atoms with Crippen molar-refractivity contribution in [2.24, 2.45) is 5.92 Å². The third-order valence-electron chi connectivity index (χ3n) is 3.81. The van der Waals surface area contributed by atoms with Gasteiger partial charge in [0.05, 0.1) is 23.1 Å². The van der Waals surface area contributed by atoms with Crippen LogP contribution in [0.25, 0.3) is 5.69 Å². The van der Waals surface area contributed by atoms with E-state index in [0.29, 0.717) is 17.7 Å². The molecular formula is C18H23N3O3. The molecule has 24 heavy (non-hydrogen) atoms. The van der Waals surface area contributed by atoms with E-state index in [9.17, 15) is 14.7 Å². The number of aryl methyl sites for hydroxylation is 1. The first-order valence-corrected chi connectivity index (χ1v) is 7.95. The topological polar surface area (TPSA) is 84.2 Å². The number of carboxylic acid groups (broad SMARTS) is 1. The number of carbonyl (C=O) groups excluding carboxylic acids is 1. The number of amides is 1. The van der Waals surface area contributed by atoms with Gasteiger partial charge in [0.2, 0.25) is 0 Å². The van der Waals surface area contributed by atoms with E-state index < -0.39 is 17.9 Å². The summed E-state index contributed by atoms with van der Waals surface area (Å²) in [5.74, 6) is -1.28. The lowest BCUT2D eigenvalue weighted by Gasteiger charge is -2.16. The smallest absolute Gasteiger partial charge is 0.326 e. The summed E-state index contributed by atoms with van der Waals surface area (Å²) < 4.78 is 1.68. The van der Waals surface area contributed by atoms with E-state index in [1.165, 1.54) is 6.20 Å². The average Bonchev–Trinajstić information content (AvgIpc) is 2.87. The molecule has 1 aromatic carbocycles. The number of hydrogen-bond donors (Lipinski definition) is 2. The van der Waals surface area contributed by atoms with Crippen molar-refractivity contribution in [3.8, 4) is 5.69 Å². The molecule has 6 nitrogen and oxygen atoms in total. The molecule has 128 valence electrons. The minimum absolute atomic E-state index is 0.169. The molecule has 0 spiro atoms. The molecule has 1 amide bonds. The minimum atomic E-state index is -1.03. The number of benzene rings is 1. The summed E-state index contributed by atoms with van der Waals surface area (Å²) in [5, 5.41) is 16.1. The molecule has 0 aliphatic rings. The van der Waals surface area contributed by atoms with Gasteiger partial charge in [-0.2, -0.15) is 5.10 Å². The van der Waals surface area contributed by atoms with E-state index in [4.69, 9.17) is 0 Å². The first-order valence-electron chi connectivity index (χ1n) is 7.95. The van der Waals surface area contributed by atoms with Gasteiger partial charge >= 0.3 is 5.97 Å². The van der Waals surface area contributed by atoms with Gasteiger partial charge < -0.3 is 10.4 Å². The van der Waals surface area contributed by atoms with Crippen LogP contribution in [0.3, 0.4) is 0 Å². The molecule has 2 aromatic rings. The van der Waals surface area contributed by atoms with E-state index in [2.05, 4.69) is 10.4 Å². The summed E-state index contributed by atoms with van der Waals surface area (Å²) in [4.78, 5) is 23.8. The lowest BCUT2D eigenvalue weighted by Crippen LogP contribution is -2.41. The molecule has 0 aliphatic heterocycles. The molecule has 1 atom stereocenters. The fourth-order valence-electron chi connectivity index (χ4n) is 2.58. The second-order valence-electron chi connectivity index (χ2n) is 6.39. The standard InChI is InChI=1S/C18H23N3O3/c1-11(2)8-16(18(23)24)20-17(22)15-10-19-21(13(15)4)14-7-5-6-12(3)9-14/h5-7,9-11,16H,8H2,1-4H3,(H,20,22)(H,23,24)/t16-/m1/s1. The number of rotatable bonds is 6. The lowest BCUT2D eigenvalue weighted by molar-refractivity contribution is -0.139. The quantitative estimate of drug-likeness (QED) is 0.853. The Labute approximate surface area is 141 Å². The summed E-state index contributed by atoms with van der Waals surface area (Å²) in [6.07, 6.45) is 1.85. The monoisotopic (exact) mass is 329 g/mol. The van der Waals surface area contributed by atoms with Crippen molar-refractivity contribution in [1.29, 1.82) is 0 Å². The van der Waals surface area contributed by atoms with Crippen LogP contribution in [-0.2, 0) is 4.79 Å². The van der Waals surface area contributed by atoms with Gasteiger partial charge in [0.15, 0.2) is 0 Å². The molecule has 0 radical (unpaired) electrons. The summed E-state index contributed by atoms with van der Waals surface area (Å²) in [6, 6.07) is 6.89. The normalized spacial score (nSPS) is 12.2. The van der Waals surface area contributed by atoms with Crippen molar-refractivity contribution in [2.45, 2.75) is 40.2 Å². The van der Waals surface area contributed by atoms with Crippen LogP contribution in [0.1, 0.15) is 41.9 Å². The highest BCUT2D eigenvalue weighted by molar-refractivity contribution is 5.97. The maximum atomic E-state index is 12.4. The van der Waals surface area contributed by atoms with E-state index in [1.807, 2.05) is 45.0 Å². The molecule has 0 saturated heterocycles. The molecule has 2 N–H and O–H groups in total. The van der Waals surface area contributed by atoms with Gasteiger partial charge in [-0.25, -0.2) is 9.48 Å². The lowest BCUT2D eigenvalue weighted by atomic mass is 10.0. The van der Waals surface area contributed by atoms with Crippen LogP contribution < -0.4 is 5.32 Å². The maximum Gasteiger partial charge on any atom is 0.326 e. The maximum absolute atomic E-state index is 12.4. The number of carboxylic acids is 1. The SMILES string of the molecule is Cc1cccc(-n2ncc(C(=O)N[C@H](CC(C)C)C(=O)O)c2C)c1. The molecular weight excluding hydrogens is 306 g/mol. The fraction of sp³-hybridized carbons (Fsp3) is 0.389.